The molecule has 6 heteroatoms. The van der Waals surface area contributed by atoms with Crippen LogP contribution in [0.3, 0.4) is 0 Å². The largest absolute Gasteiger partial charge is 0.328 e. The van der Waals surface area contributed by atoms with Crippen LogP contribution in [0.5, 0.6) is 0 Å². The number of rotatable bonds is 13. The van der Waals surface area contributed by atoms with Crippen LogP contribution in [0.15, 0.2) is 0 Å². The van der Waals surface area contributed by atoms with Gasteiger partial charge in [0.25, 0.3) is 10.1 Å². The van der Waals surface area contributed by atoms with Gasteiger partial charge in [-0.2, -0.15) is 8.42 Å². The maximum atomic E-state index is 11.9. The standard InChI is InChI=1S/C15H31NO4S/c1-3-4-5-6-7-8-9-10-11-12-14(17)15(2,13-16)21(18,19)20/h3-13,16H2,1-2H3,(H,18,19,20). The zero-order valence-electron chi connectivity index (χ0n) is 13.4. The average Bonchev–Trinajstić information content (AvgIpc) is 2.43. The summed E-state index contributed by atoms with van der Waals surface area (Å²) in [5.41, 5.74) is 5.34. The van der Waals surface area contributed by atoms with E-state index in [0.29, 0.717) is 6.42 Å². The van der Waals surface area contributed by atoms with Gasteiger partial charge in [0.15, 0.2) is 10.5 Å². The average molecular weight is 321 g/mol. The van der Waals surface area contributed by atoms with Crippen molar-refractivity contribution in [1.29, 1.82) is 0 Å². The monoisotopic (exact) mass is 321 g/mol. The van der Waals surface area contributed by atoms with E-state index in [1.807, 2.05) is 0 Å². The molecule has 0 aliphatic rings. The van der Waals surface area contributed by atoms with Crippen LogP contribution < -0.4 is 5.73 Å². The van der Waals surface area contributed by atoms with Gasteiger partial charge in [0.05, 0.1) is 0 Å². The molecule has 0 bridgehead atoms. The van der Waals surface area contributed by atoms with E-state index in [1.165, 1.54) is 39.0 Å². The van der Waals surface area contributed by atoms with Gasteiger partial charge in [-0.15, -0.1) is 0 Å². The fraction of sp³-hybridized carbons (Fsp3) is 0.933. The molecule has 0 aromatic heterocycles. The minimum absolute atomic E-state index is 0.156. The minimum Gasteiger partial charge on any atom is -0.328 e. The number of carbonyl (C=O) groups excluding carboxylic acids is 1. The molecule has 0 saturated heterocycles. The number of Topliss-reactive ketones (excluding diaryl/α,β-unsaturated/α-hetero) is 1. The predicted octanol–water partition coefficient (Wildman–Crippen LogP) is 3.08. The first-order chi connectivity index (χ1) is 9.79. The van der Waals surface area contributed by atoms with Crippen LogP contribution in [0.25, 0.3) is 0 Å². The molecule has 0 aromatic carbocycles. The summed E-state index contributed by atoms with van der Waals surface area (Å²) < 4.78 is 29.7. The first-order valence-electron chi connectivity index (χ1n) is 8.00. The van der Waals surface area contributed by atoms with E-state index in [1.54, 1.807) is 0 Å². The summed E-state index contributed by atoms with van der Waals surface area (Å²) in [6.07, 6.45) is 10.2. The van der Waals surface area contributed by atoms with Gasteiger partial charge < -0.3 is 5.73 Å². The maximum Gasteiger partial charge on any atom is 0.278 e. The van der Waals surface area contributed by atoms with Gasteiger partial charge in [-0.25, -0.2) is 0 Å². The molecule has 0 saturated carbocycles. The number of ketones is 1. The summed E-state index contributed by atoms with van der Waals surface area (Å²) in [5, 5.41) is 0. The summed E-state index contributed by atoms with van der Waals surface area (Å²) in [4.78, 5) is 11.9. The highest BCUT2D eigenvalue weighted by Gasteiger charge is 2.43. The quantitative estimate of drug-likeness (QED) is 0.401. The van der Waals surface area contributed by atoms with Crippen LogP contribution in [0.2, 0.25) is 0 Å². The molecule has 0 fully saturated rings. The van der Waals surface area contributed by atoms with Crippen molar-refractivity contribution < 1.29 is 17.8 Å². The Balaban J connectivity index is 3.85. The lowest BCUT2D eigenvalue weighted by molar-refractivity contribution is -0.121. The van der Waals surface area contributed by atoms with Crippen LogP contribution in [-0.4, -0.2) is 30.0 Å². The summed E-state index contributed by atoms with van der Waals surface area (Å²) >= 11 is 0. The molecular formula is C15H31NO4S. The van der Waals surface area contributed by atoms with E-state index in [0.717, 1.165) is 19.3 Å². The van der Waals surface area contributed by atoms with Gasteiger partial charge in [-0.1, -0.05) is 58.3 Å². The summed E-state index contributed by atoms with van der Waals surface area (Å²) in [6.45, 7) is 3.00. The Hall–Kier alpha value is -0.460. The van der Waals surface area contributed by atoms with Gasteiger partial charge in [0, 0.05) is 13.0 Å². The second-order valence-corrected chi connectivity index (χ2v) is 7.76. The lowest BCUT2D eigenvalue weighted by Crippen LogP contribution is -2.49. The maximum absolute atomic E-state index is 11.9. The third-order valence-electron chi connectivity index (χ3n) is 4.06. The molecule has 0 rings (SSSR count). The van der Waals surface area contributed by atoms with Crippen molar-refractivity contribution in [2.24, 2.45) is 5.73 Å². The Labute approximate surface area is 129 Å². The second kappa shape index (κ2) is 10.3. The van der Waals surface area contributed by atoms with Gasteiger partial charge >= 0.3 is 0 Å². The number of hydrogen-bond acceptors (Lipinski definition) is 4. The fourth-order valence-corrected chi connectivity index (χ4v) is 2.82. The Bertz CT molecular complexity index is 394. The molecule has 0 heterocycles. The highest BCUT2D eigenvalue weighted by Crippen LogP contribution is 2.20. The minimum atomic E-state index is -4.45. The van der Waals surface area contributed by atoms with Gasteiger partial charge in [-0.05, 0) is 13.3 Å². The fourth-order valence-electron chi connectivity index (χ4n) is 2.22. The molecule has 0 amide bonds. The smallest absolute Gasteiger partial charge is 0.278 e. The van der Waals surface area contributed by atoms with Crippen LogP contribution in [0, 0.1) is 0 Å². The third kappa shape index (κ3) is 7.38. The highest BCUT2D eigenvalue weighted by atomic mass is 32.2. The summed E-state index contributed by atoms with van der Waals surface area (Å²) in [7, 11) is -4.45. The van der Waals surface area contributed by atoms with Crippen molar-refractivity contribution in [3.63, 3.8) is 0 Å². The third-order valence-corrected chi connectivity index (χ3v) is 5.59. The predicted molar refractivity (Wildman–Crippen MR) is 85.9 cm³/mol. The van der Waals surface area contributed by atoms with Crippen LogP contribution in [0.4, 0.5) is 0 Å². The van der Waals surface area contributed by atoms with Crippen molar-refractivity contribution >= 4 is 15.9 Å². The molecule has 0 radical (unpaired) electrons. The van der Waals surface area contributed by atoms with E-state index < -0.39 is 20.6 Å². The van der Waals surface area contributed by atoms with E-state index >= 15 is 0 Å². The number of hydrogen-bond donors (Lipinski definition) is 2. The van der Waals surface area contributed by atoms with Gasteiger partial charge in [-0.3, -0.25) is 9.35 Å². The highest BCUT2D eigenvalue weighted by molar-refractivity contribution is 7.88. The van der Waals surface area contributed by atoms with E-state index in [2.05, 4.69) is 6.92 Å². The molecule has 126 valence electrons. The number of nitrogens with two attached hydrogens (primary N) is 1. The molecular weight excluding hydrogens is 290 g/mol. The van der Waals surface area contributed by atoms with Crippen molar-refractivity contribution in [2.75, 3.05) is 6.54 Å². The second-order valence-electron chi connectivity index (χ2n) is 5.91. The van der Waals surface area contributed by atoms with Crippen LogP contribution >= 0.6 is 0 Å². The van der Waals surface area contributed by atoms with Gasteiger partial charge in [0.2, 0.25) is 0 Å². The van der Waals surface area contributed by atoms with Crippen molar-refractivity contribution in [1.82, 2.24) is 0 Å². The first kappa shape index (κ1) is 20.5. The number of unbranched alkanes of at least 4 members (excludes halogenated alkanes) is 8. The van der Waals surface area contributed by atoms with Crippen LogP contribution in [-0.2, 0) is 14.9 Å². The Morgan fingerprint density at radius 1 is 1.00 bits per heavy atom. The lowest BCUT2D eigenvalue weighted by atomic mass is 9.99. The molecule has 1 unspecified atom stereocenters. The van der Waals surface area contributed by atoms with E-state index in [4.69, 9.17) is 10.3 Å². The Kier molecular flexibility index (Phi) is 10.1. The molecule has 0 spiro atoms. The Morgan fingerprint density at radius 2 is 1.43 bits per heavy atom. The van der Waals surface area contributed by atoms with E-state index in [-0.39, 0.29) is 13.0 Å². The van der Waals surface area contributed by atoms with E-state index in [9.17, 15) is 13.2 Å². The first-order valence-corrected chi connectivity index (χ1v) is 9.44. The summed E-state index contributed by atoms with van der Waals surface area (Å²) in [6, 6.07) is 0. The molecule has 21 heavy (non-hydrogen) atoms. The molecule has 0 aliphatic carbocycles. The molecule has 5 nitrogen and oxygen atoms in total. The van der Waals surface area contributed by atoms with Gasteiger partial charge in [0.1, 0.15) is 0 Å². The molecule has 0 aromatic rings. The zero-order valence-corrected chi connectivity index (χ0v) is 14.3. The molecule has 3 N–H and O–H groups in total. The van der Waals surface area contributed by atoms with Crippen molar-refractivity contribution in [2.45, 2.75) is 82.8 Å². The lowest BCUT2D eigenvalue weighted by Gasteiger charge is -2.22. The molecule has 1 atom stereocenters. The topological polar surface area (TPSA) is 97.5 Å². The summed E-state index contributed by atoms with van der Waals surface area (Å²) in [5.74, 6) is -0.490. The SMILES string of the molecule is CCCCCCCCCCCC(=O)C(C)(CN)S(=O)(=O)O. The Morgan fingerprint density at radius 3 is 1.81 bits per heavy atom. The zero-order chi connectivity index (χ0) is 16.4. The normalized spacial score (nSPS) is 14.9. The van der Waals surface area contributed by atoms with Crippen molar-refractivity contribution in [3.8, 4) is 0 Å². The van der Waals surface area contributed by atoms with Crippen LogP contribution in [0.1, 0.15) is 78.1 Å². The molecule has 0 aliphatic heterocycles. The number of carbonyl (C=O) groups is 1. The van der Waals surface area contributed by atoms with Crippen molar-refractivity contribution in [3.05, 3.63) is 0 Å².